The van der Waals surface area contributed by atoms with E-state index in [-0.39, 0.29) is 5.15 Å². The molecule has 1 aromatic carbocycles. The first-order chi connectivity index (χ1) is 8.84. The number of rotatable bonds is 2. The van der Waals surface area contributed by atoms with Gasteiger partial charge in [0.15, 0.2) is 10.7 Å². The highest BCUT2D eigenvalue weighted by atomic mass is 35.5. The number of aromatic nitrogens is 5. The summed E-state index contributed by atoms with van der Waals surface area (Å²) in [6.45, 7) is 0. The summed E-state index contributed by atoms with van der Waals surface area (Å²) < 4.78 is 0. The molecule has 3 aromatic rings. The standard InChI is InChI=1S/C11H7ClN6/c12-10-9-11(14-7-13-10)18(17-16-9)15-6-8-4-2-1-3-5-8/h1-7H/b15-6+. The summed E-state index contributed by atoms with van der Waals surface area (Å²) in [4.78, 5) is 9.18. The Hall–Kier alpha value is -2.34. The molecule has 0 bridgehead atoms. The molecule has 0 aliphatic heterocycles. The van der Waals surface area contributed by atoms with E-state index in [0.717, 1.165) is 5.56 Å². The molecule has 0 N–H and O–H groups in total. The van der Waals surface area contributed by atoms with Crippen LogP contribution in [0.15, 0.2) is 41.8 Å². The lowest BCUT2D eigenvalue weighted by molar-refractivity contribution is 0.711. The highest BCUT2D eigenvalue weighted by molar-refractivity contribution is 6.33. The van der Waals surface area contributed by atoms with Gasteiger partial charge in [0.05, 0.1) is 6.21 Å². The molecule has 0 amide bonds. The van der Waals surface area contributed by atoms with Crippen LogP contribution < -0.4 is 0 Å². The number of nitrogens with zero attached hydrogens (tertiary/aromatic N) is 6. The molecular formula is C11H7ClN6. The summed E-state index contributed by atoms with van der Waals surface area (Å²) in [6.07, 6.45) is 3.02. The number of benzene rings is 1. The van der Waals surface area contributed by atoms with Crippen LogP contribution in [-0.4, -0.2) is 31.3 Å². The zero-order valence-corrected chi connectivity index (χ0v) is 9.86. The zero-order chi connectivity index (χ0) is 12.4. The fourth-order valence-corrected chi connectivity index (χ4v) is 1.61. The average Bonchev–Trinajstić information content (AvgIpc) is 2.82. The molecule has 2 aromatic heterocycles. The topological polar surface area (TPSA) is 68.8 Å². The van der Waals surface area contributed by atoms with Crippen molar-refractivity contribution in [3.05, 3.63) is 47.4 Å². The Bertz CT molecular complexity index is 706. The third-order valence-corrected chi connectivity index (χ3v) is 2.57. The molecule has 0 saturated carbocycles. The van der Waals surface area contributed by atoms with Crippen molar-refractivity contribution < 1.29 is 0 Å². The van der Waals surface area contributed by atoms with Crippen molar-refractivity contribution in [3.8, 4) is 0 Å². The van der Waals surface area contributed by atoms with Gasteiger partial charge in [0.1, 0.15) is 6.33 Å². The van der Waals surface area contributed by atoms with E-state index in [4.69, 9.17) is 11.6 Å². The van der Waals surface area contributed by atoms with Crippen LogP contribution in [0.25, 0.3) is 11.2 Å². The Morgan fingerprint density at radius 2 is 2.00 bits per heavy atom. The minimum absolute atomic E-state index is 0.265. The Kier molecular flexibility index (Phi) is 2.70. The van der Waals surface area contributed by atoms with Crippen molar-refractivity contribution >= 4 is 29.0 Å². The predicted octanol–water partition coefficient (Wildman–Crippen LogP) is 1.76. The van der Waals surface area contributed by atoms with E-state index in [1.54, 1.807) is 6.21 Å². The van der Waals surface area contributed by atoms with Crippen LogP contribution in [0.1, 0.15) is 5.56 Å². The lowest BCUT2D eigenvalue weighted by Crippen LogP contribution is -1.95. The van der Waals surface area contributed by atoms with E-state index < -0.39 is 0 Å². The van der Waals surface area contributed by atoms with Gasteiger partial charge in [0.25, 0.3) is 0 Å². The fraction of sp³-hybridized carbons (Fsp3) is 0. The Morgan fingerprint density at radius 1 is 1.17 bits per heavy atom. The quantitative estimate of drug-likeness (QED) is 0.519. The Labute approximate surface area is 107 Å². The third-order valence-electron chi connectivity index (χ3n) is 2.29. The molecule has 0 aliphatic rings. The molecule has 18 heavy (non-hydrogen) atoms. The van der Waals surface area contributed by atoms with Crippen LogP contribution in [0.5, 0.6) is 0 Å². The first-order valence-electron chi connectivity index (χ1n) is 5.16. The monoisotopic (exact) mass is 258 g/mol. The third kappa shape index (κ3) is 1.93. The smallest absolute Gasteiger partial charge is 0.208 e. The summed E-state index contributed by atoms with van der Waals surface area (Å²) in [6, 6.07) is 9.67. The zero-order valence-electron chi connectivity index (χ0n) is 9.10. The van der Waals surface area contributed by atoms with Gasteiger partial charge in [0.2, 0.25) is 5.65 Å². The van der Waals surface area contributed by atoms with E-state index in [9.17, 15) is 0 Å². The maximum atomic E-state index is 5.87. The maximum Gasteiger partial charge on any atom is 0.208 e. The van der Waals surface area contributed by atoms with Gasteiger partial charge in [-0.1, -0.05) is 41.9 Å². The molecule has 0 fully saturated rings. The van der Waals surface area contributed by atoms with Crippen molar-refractivity contribution in [2.75, 3.05) is 0 Å². The van der Waals surface area contributed by atoms with Crippen molar-refractivity contribution in [1.29, 1.82) is 0 Å². The van der Waals surface area contributed by atoms with Crippen molar-refractivity contribution in [3.63, 3.8) is 0 Å². The highest BCUT2D eigenvalue weighted by Crippen LogP contribution is 2.15. The van der Waals surface area contributed by atoms with Crippen LogP contribution in [-0.2, 0) is 0 Å². The summed E-state index contributed by atoms with van der Waals surface area (Å²) in [5.74, 6) is 0. The van der Waals surface area contributed by atoms with Crippen LogP contribution in [0.3, 0.4) is 0 Å². The lowest BCUT2D eigenvalue weighted by Gasteiger charge is -1.93. The molecule has 0 atom stereocenters. The van der Waals surface area contributed by atoms with E-state index in [1.807, 2.05) is 30.3 Å². The van der Waals surface area contributed by atoms with E-state index in [0.29, 0.717) is 11.2 Å². The normalized spacial score (nSPS) is 11.4. The van der Waals surface area contributed by atoms with E-state index in [1.165, 1.54) is 11.1 Å². The Morgan fingerprint density at radius 3 is 2.83 bits per heavy atom. The van der Waals surface area contributed by atoms with Gasteiger partial charge in [-0.25, -0.2) is 9.97 Å². The van der Waals surface area contributed by atoms with Gasteiger partial charge in [-0.15, -0.1) is 9.89 Å². The van der Waals surface area contributed by atoms with E-state index in [2.05, 4.69) is 25.4 Å². The molecule has 0 aliphatic carbocycles. The van der Waals surface area contributed by atoms with Gasteiger partial charge >= 0.3 is 0 Å². The van der Waals surface area contributed by atoms with Gasteiger partial charge in [-0.2, -0.15) is 5.10 Å². The van der Waals surface area contributed by atoms with Gasteiger partial charge in [0, 0.05) is 0 Å². The fourth-order valence-electron chi connectivity index (χ4n) is 1.45. The molecule has 6 nitrogen and oxygen atoms in total. The first-order valence-corrected chi connectivity index (χ1v) is 5.54. The summed E-state index contributed by atoms with van der Waals surface area (Å²) in [5.41, 5.74) is 1.87. The molecular weight excluding hydrogens is 252 g/mol. The first kappa shape index (κ1) is 10.8. The molecule has 3 rings (SSSR count). The predicted molar refractivity (Wildman–Crippen MR) is 67.6 cm³/mol. The van der Waals surface area contributed by atoms with Crippen molar-refractivity contribution in [1.82, 2.24) is 25.1 Å². The molecule has 88 valence electrons. The van der Waals surface area contributed by atoms with Crippen LogP contribution in [0, 0.1) is 0 Å². The largest absolute Gasteiger partial charge is 0.222 e. The lowest BCUT2D eigenvalue weighted by atomic mass is 10.2. The second-order valence-corrected chi connectivity index (χ2v) is 3.83. The van der Waals surface area contributed by atoms with Crippen LogP contribution in [0.4, 0.5) is 0 Å². The molecule has 2 heterocycles. The second-order valence-electron chi connectivity index (χ2n) is 3.47. The Balaban J connectivity index is 2.01. The summed E-state index contributed by atoms with van der Waals surface area (Å²) in [7, 11) is 0. The number of halogens is 1. The minimum atomic E-state index is 0.265. The number of hydrogen-bond donors (Lipinski definition) is 0. The van der Waals surface area contributed by atoms with Crippen LogP contribution >= 0.6 is 11.6 Å². The van der Waals surface area contributed by atoms with Gasteiger partial charge in [-0.05, 0) is 10.8 Å². The van der Waals surface area contributed by atoms with Crippen LogP contribution in [0.2, 0.25) is 5.15 Å². The number of hydrogen-bond acceptors (Lipinski definition) is 5. The molecule has 0 unspecified atom stereocenters. The summed E-state index contributed by atoms with van der Waals surface area (Å²) in [5, 5.41) is 12.2. The average molecular weight is 259 g/mol. The molecule has 0 saturated heterocycles. The van der Waals surface area contributed by atoms with Crippen molar-refractivity contribution in [2.24, 2.45) is 5.10 Å². The minimum Gasteiger partial charge on any atom is -0.222 e. The molecule has 0 spiro atoms. The van der Waals surface area contributed by atoms with Gasteiger partial charge < -0.3 is 0 Å². The summed E-state index contributed by atoms with van der Waals surface area (Å²) >= 11 is 5.87. The maximum absolute atomic E-state index is 5.87. The SMILES string of the molecule is Clc1ncnc2c1nnn2/N=C/c1ccccc1. The van der Waals surface area contributed by atoms with Crippen molar-refractivity contribution in [2.45, 2.75) is 0 Å². The number of fused-ring (bicyclic) bond motifs is 1. The molecule has 7 heteroatoms. The van der Waals surface area contributed by atoms with Gasteiger partial charge in [-0.3, -0.25) is 0 Å². The highest BCUT2D eigenvalue weighted by Gasteiger charge is 2.08. The second kappa shape index (κ2) is 4.50. The molecule has 0 radical (unpaired) electrons. The van der Waals surface area contributed by atoms with E-state index >= 15 is 0 Å².